The fourth-order valence-electron chi connectivity index (χ4n) is 2.73. The monoisotopic (exact) mass is 340 g/mol. The molecular formula is C19H18F2N4. The van der Waals surface area contributed by atoms with E-state index in [2.05, 4.69) is 27.2 Å². The Morgan fingerprint density at radius 3 is 2.44 bits per heavy atom. The molecule has 0 radical (unpaired) electrons. The second kappa shape index (κ2) is 6.84. The van der Waals surface area contributed by atoms with Crippen LogP contribution in [0.2, 0.25) is 0 Å². The Morgan fingerprint density at radius 1 is 1.12 bits per heavy atom. The smallest absolute Gasteiger partial charge is 0.126 e. The van der Waals surface area contributed by atoms with Gasteiger partial charge in [-0.25, -0.2) is 13.8 Å². The van der Waals surface area contributed by atoms with Crippen molar-refractivity contribution in [3.63, 3.8) is 0 Å². The third kappa shape index (κ3) is 3.42. The fraction of sp³-hybridized carbons (Fsp3) is 0.158. The summed E-state index contributed by atoms with van der Waals surface area (Å²) >= 11 is 0. The van der Waals surface area contributed by atoms with Gasteiger partial charge in [-0.05, 0) is 36.8 Å². The number of hydrazone groups is 1. The van der Waals surface area contributed by atoms with Crippen LogP contribution in [0.25, 0.3) is 22.5 Å². The van der Waals surface area contributed by atoms with Crippen molar-refractivity contribution >= 4 is 12.4 Å². The first kappa shape index (κ1) is 16.8. The molecule has 1 heterocycles. The summed E-state index contributed by atoms with van der Waals surface area (Å²) < 4.78 is 27.3. The highest BCUT2D eigenvalue weighted by Crippen LogP contribution is 2.33. The maximum atomic E-state index is 13.6. The quantitative estimate of drug-likeness (QED) is 0.512. The number of hydrogen-bond acceptors (Lipinski definition) is 3. The number of anilines is 1. The van der Waals surface area contributed by atoms with Crippen molar-refractivity contribution in [2.24, 2.45) is 5.10 Å². The van der Waals surface area contributed by atoms with Crippen molar-refractivity contribution < 1.29 is 8.78 Å². The lowest BCUT2D eigenvalue weighted by Gasteiger charge is -2.08. The molecule has 4 nitrogen and oxygen atoms in total. The standard InChI is InChI=1S/C19H18F2N4/c1-4-17-23-18(12-5-6-16(25-22-3)11(2)7-12)19(24-17)13-8-14(20)10-15(21)9-13/h5-10,25H,3-4H2,1-2H3,(H,23,24). The highest BCUT2D eigenvalue weighted by atomic mass is 19.1. The van der Waals surface area contributed by atoms with Crippen molar-refractivity contribution in [3.05, 3.63) is 59.4 Å². The van der Waals surface area contributed by atoms with Crippen molar-refractivity contribution in [2.45, 2.75) is 20.3 Å². The van der Waals surface area contributed by atoms with Gasteiger partial charge in [0.15, 0.2) is 0 Å². The minimum absolute atomic E-state index is 0.399. The normalized spacial score (nSPS) is 10.7. The zero-order valence-corrected chi connectivity index (χ0v) is 14.0. The zero-order chi connectivity index (χ0) is 18.0. The Kier molecular flexibility index (Phi) is 4.61. The molecule has 0 aliphatic rings. The molecule has 128 valence electrons. The van der Waals surface area contributed by atoms with Gasteiger partial charge in [0.1, 0.15) is 17.5 Å². The molecule has 3 aromatic rings. The van der Waals surface area contributed by atoms with E-state index in [1.165, 1.54) is 12.1 Å². The van der Waals surface area contributed by atoms with Gasteiger partial charge in [0.05, 0.1) is 17.1 Å². The van der Waals surface area contributed by atoms with Gasteiger partial charge in [-0.1, -0.05) is 13.0 Å². The van der Waals surface area contributed by atoms with Crippen molar-refractivity contribution in [1.29, 1.82) is 0 Å². The SMILES string of the molecule is C=NNc1ccc(-c2[nH]c(CC)nc2-c2cc(F)cc(F)c2)cc1C. The maximum Gasteiger partial charge on any atom is 0.126 e. The molecule has 0 unspecified atom stereocenters. The molecule has 0 amide bonds. The van der Waals surface area contributed by atoms with Crippen LogP contribution >= 0.6 is 0 Å². The van der Waals surface area contributed by atoms with Crippen LogP contribution in [-0.4, -0.2) is 16.7 Å². The summed E-state index contributed by atoms with van der Waals surface area (Å²) in [5.41, 5.74) is 7.15. The first-order chi connectivity index (χ1) is 12.0. The molecule has 0 saturated heterocycles. The number of halogens is 2. The van der Waals surface area contributed by atoms with Crippen LogP contribution in [-0.2, 0) is 6.42 Å². The third-order valence-corrected chi connectivity index (χ3v) is 3.94. The Hall–Kier alpha value is -3.02. The van der Waals surface area contributed by atoms with Gasteiger partial charge in [0.2, 0.25) is 0 Å². The number of nitrogens with zero attached hydrogens (tertiary/aromatic N) is 2. The van der Waals surface area contributed by atoms with E-state index in [0.717, 1.165) is 34.4 Å². The summed E-state index contributed by atoms with van der Waals surface area (Å²) in [4.78, 5) is 7.76. The van der Waals surface area contributed by atoms with Crippen LogP contribution in [0.3, 0.4) is 0 Å². The predicted molar refractivity (Wildman–Crippen MR) is 96.7 cm³/mol. The molecule has 0 aliphatic heterocycles. The number of benzene rings is 2. The molecule has 2 N–H and O–H groups in total. The first-order valence-corrected chi connectivity index (χ1v) is 7.90. The average Bonchev–Trinajstić information content (AvgIpc) is 3.00. The molecule has 0 spiro atoms. The molecule has 1 aromatic heterocycles. The largest absolute Gasteiger partial charge is 0.341 e. The molecule has 25 heavy (non-hydrogen) atoms. The third-order valence-electron chi connectivity index (χ3n) is 3.94. The fourth-order valence-corrected chi connectivity index (χ4v) is 2.73. The van der Waals surface area contributed by atoms with Crippen LogP contribution in [0, 0.1) is 18.6 Å². The lowest BCUT2D eigenvalue weighted by molar-refractivity contribution is 0.584. The van der Waals surface area contributed by atoms with E-state index in [1.807, 2.05) is 32.0 Å². The summed E-state index contributed by atoms with van der Waals surface area (Å²) in [7, 11) is 0. The summed E-state index contributed by atoms with van der Waals surface area (Å²) in [5, 5.41) is 3.67. The number of imidazole rings is 1. The van der Waals surface area contributed by atoms with Crippen molar-refractivity contribution in [2.75, 3.05) is 5.43 Å². The molecule has 0 atom stereocenters. The second-order valence-corrected chi connectivity index (χ2v) is 5.72. The number of H-pyrrole nitrogens is 1. The van der Waals surface area contributed by atoms with Crippen LogP contribution < -0.4 is 5.43 Å². The van der Waals surface area contributed by atoms with E-state index < -0.39 is 11.6 Å². The molecule has 0 saturated carbocycles. The van der Waals surface area contributed by atoms with Crippen LogP contribution in [0.5, 0.6) is 0 Å². The summed E-state index contributed by atoms with van der Waals surface area (Å²) in [6.07, 6.45) is 0.684. The van der Waals surface area contributed by atoms with E-state index in [4.69, 9.17) is 0 Å². The second-order valence-electron chi connectivity index (χ2n) is 5.72. The Bertz CT molecular complexity index is 911. The molecule has 0 bridgehead atoms. The van der Waals surface area contributed by atoms with Crippen LogP contribution in [0.1, 0.15) is 18.3 Å². The maximum absolute atomic E-state index is 13.6. The Balaban J connectivity index is 2.15. The first-order valence-electron chi connectivity index (χ1n) is 7.90. The predicted octanol–water partition coefficient (Wildman–Crippen LogP) is 4.92. The highest BCUT2D eigenvalue weighted by molar-refractivity contribution is 5.80. The number of aromatic nitrogens is 2. The lowest BCUT2D eigenvalue weighted by Crippen LogP contribution is -1.92. The lowest BCUT2D eigenvalue weighted by atomic mass is 10.0. The zero-order valence-electron chi connectivity index (χ0n) is 14.0. The molecule has 0 aliphatic carbocycles. The summed E-state index contributed by atoms with van der Waals surface area (Å²) in [6.45, 7) is 7.32. The molecular weight excluding hydrogens is 322 g/mol. The number of hydrogen-bond donors (Lipinski definition) is 2. The minimum Gasteiger partial charge on any atom is -0.341 e. The average molecular weight is 340 g/mol. The van der Waals surface area contributed by atoms with Gasteiger partial charge in [-0.15, -0.1) is 0 Å². The van der Waals surface area contributed by atoms with E-state index in [-0.39, 0.29) is 0 Å². The summed E-state index contributed by atoms with van der Waals surface area (Å²) in [5.74, 6) is -0.508. The van der Waals surface area contributed by atoms with Gasteiger partial charge >= 0.3 is 0 Å². The summed E-state index contributed by atoms with van der Waals surface area (Å²) in [6, 6.07) is 9.15. The van der Waals surface area contributed by atoms with Crippen LogP contribution in [0.15, 0.2) is 41.5 Å². The Labute approximate surface area is 144 Å². The van der Waals surface area contributed by atoms with Gasteiger partial charge in [-0.3, -0.25) is 5.43 Å². The van der Waals surface area contributed by atoms with Gasteiger partial charge in [0.25, 0.3) is 0 Å². The number of aryl methyl sites for hydroxylation is 2. The van der Waals surface area contributed by atoms with E-state index in [0.29, 0.717) is 17.7 Å². The van der Waals surface area contributed by atoms with Gasteiger partial charge in [0, 0.05) is 30.3 Å². The molecule has 2 aromatic carbocycles. The van der Waals surface area contributed by atoms with Gasteiger partial charge in [-0.2, -0.15) is 5.10 Å². The molecule has 6 heteroatoms. The van der Waals surface area contributed by atoms with E-state index >= 15 is 0 Å². The number of rotatable bonds is 5. The van der Waals surface area contributed by atoms with Gasteiger partial charge < -0.3 is 4.98 Å². The Morgan fingerprint density at radius 2 is 1.84 bits per heavy atom. The number of aromatic amines is 1. The molecule has 0 fully saturated rings. The van der Waals surface area contributed by atoms with E-state index in [9.17, 15) is 8.78 Å². The highest BCUT2D eigenvalue weighted by Gasteiger charge is 2.16. The minimum atomic E-state index is -0.630. The topological polar surface area (TPSA) is 53.1 Å². The number of nitrogens with one attached hydrogen (secondary N) is 2. The van der Waals surface area contributed by atoms with Crippen molar-refractivity contribution in [3.8, 4) is 22.5 Å². The van der Waals surface area contributed by atoms with Crippen LogP contribution in [0.4, 0.5) is 14.5 Å². The van der Waals surface area contributed by atoms with Crippen molar-refractivity contribution in [1.82, 2.24) is 9.97 Å². The molecule has 3 rings (SSSR count). The van der Waals surface area contributed by atoms with E-state index in [1.54, 1.807) is 0 Å².